The number of amides is 1. The van der Waals surface area contributed by atoms with Gasteiger partial charge in [0.2, 0.25) is 6.10 Å². The van der Waals surface area contributed by atoms with E-state index in [1.54, 1.807) is 17.4 Å². The van der Waals surface area contributed by atoms with Crippen molar-refractivity contribution in [1.29, 1.82) is 0 Å². The Kier molecular flexibility index (Phi) is 4.02. The zero-order chi connectivity index (χ0) is 19.1. The van der Waals surface area contributed by atoms with Crippen LogP contribution in [0.1, 0.15) is 5.56 Å². The van der Waals surface area contributed by atoms with Gasteiger partial charge in [-0.1, -0.05) is 18.2 Å². The van der Waals surface area contributed by atoms with Crippen molar-refractivity contribution in [2.75, 3.05) is 11.9 Å². The Morgan fingerprint density at radius 2 is 2.07 bits per heavy atom. The Labute approximate surface area is 165 Å². The zero-order valence-corrected chi connectivity index (χ0v) is 15.9. The molecular weight excluding hydrogens is 374 g/mol. The van der Waals surface area contributed by atoms with Gasteiger partial charge in [0.25, 0.3) is 5.91 Å². The SMILES string of the molecule is Cc1ccn2c(NC(=O)[C@@H]3COc4ccccc4O3)c(-c3cccs3)nc2c1. The maximum atomic E-state index is 13.0. The van der Waals surface area contributed by atoms with E-state index in [0.717, 1.165) is 21.8 Å². The summed E-state index contributed by atoms with van der Waals surface area (Å²) in [6.45, 7) is 2.18. The van der Waals surface area contributed by atoms with Gasteiger partial charge in [-0.3, -0.25) is 9.20 Å². The summed E-state index contributed by atoms with van der Waals surface area (Å²) < 4.78 is 13.4. The maximum Gasteiger partial charge on any atom is 0.270 e. The summed E-state index contributed by atoms with van der Waals surface area (Å²) in [7, 11) is 0. The Hall–Kier alpha value is -3.32. The Morgan fingerprint density at radius 1 is 1.21 bits per heavy atom. The van der Waals surface area contributed by atoms with Gasteiger partial charge in [0, 0.05) is 6.20 Å². The fourth-order valence-corrected chi connectivity index (χ4v) is 3.91. The number of pyridine rings is 1. The number of imidazole rings is 1. The second-order valence-corrected chi connectivity index (χ2v) is 7.52. The molecule has 1 aromatic carbocycles. The van der Waals surface area contributed by atoms with E-state index in [0.29, 0.717) is 17.3 Å². The summed E-state index contributed by atoms with van der Waals surface area (Å²) >= 11 is 1.58. The fourth-order valence-electron chi connectivity index (χ4n) is 3.20. The van der Waals surface area contributed by atoms with Crippen LogP contribution in [0.4, 0.5) is 5.82 Å². The predicted molar refractivity (Wildman–Crippen MR) is 108 cm³/mol. The van der Waals surface area contributed by atoms with Gasteiger partial charge in [-0.05, 0) is 48.2 Å². The van der Waals surface area contributed by atoms with Crippen molar-refractivity contribution in [1.82, 2.24) is 9.38 Å². The van der Waals surface area contributed by atoms with E-state index >= 15 is 0 Å². The molecule has 3 aromatic heterocycles. The molecule has 0 fully saturated rings. The van der Waals surface area contributed by atoms with Crippen molar-refractivity contribution in [2.24, 2.45) is 0 Å². The van der Waals surface area contributed by atoms with Gasteiger partial charge in [0.15, 0.2) is 11.5 Å². The van der Waals surface area contributed by atoms with Gasteiger partial charge in [-0.25, -0.2) is 4.98 Å². The molecule has 1 aliphatic heterocycles. The predicted octanol–water partition coefficient (Wildman–Crippen LogP) is 4.15. The Bertz CT molecular complexity index is 1170. The minimum atomic E-state index is -0.734. The van der Waals surface area contributed by atoms with Crippen LogP contribution in [0.15, 0.2) is 60.1 Å². The van der Waals surface area contributed by atoms with Crippen LogP contribution in [0.2, 0.25) is 0 Å². The van der Waals surface area contributed by atoms with E-state index in [2.05, 4.69) is 5.32 Å². The minimum absolute atomic E-state index is 0.160. The molecule has 4 aromatic rings. The number of ether oxygens (including phenoxy) is 2. The summed E-state index contributed by atoms with van der Waals surface area (Å²) in [6.07, 6.45) is 1.18. The molecule has 6 nitrogen and oxygen atoms in total. The smallest absolute Gasteiger partial charge is 0.270 e. The summed E-state index contributed by atoms with van der Waals surface area (Å²) in [5.41, 5.74) is 2.63. The van der Waals surface area contributed by atoms with E-state index < -0.39 is 6.10 Å². The number of rotatable bonds is 3. The third kappa shape index (κ3) is 2.90. The number of carbonyl (C=O) groups is 1. The van der Waals surface area contributed by atoms with Gasteiger partial charge >= 0.3 is 0 Å². The van der Waals surface area contributed by atoms with Crippen LogP contribution in [0.3, 0.4) is 0 Å². The first-order valence-corrected chi connectivity index (χ1v) is 9.79. The molecular formula is C21H17N3O3S. The van der Waals surface area contributed by atoms with Crippen LogP contribution in [0.25, 0.3) is 16.2 Å². The standard InChI is InChI=1S/C21H17N3O3S/c1-13-8-9-24-18(11-13)22-19(17-7-4-10-28-17)20(24)23-21(25)16-12-26-14-5-2-3-6-15(14)27-16/h2-11,16H,12H2,1H3,(H,23,25)/t16-/m0/s1. The molecule has 7 heteroatoms. The van der Waals surface area contributed by atoms with Crippen LogP contribution >= 0.6 is 11.3 Å². The molecule has 140 valence electrons. The first kappa shape index (κ1) is 16.8. The van der Waals surface area contributed by atoms with Crippen LogP contribution in [-0.2, 0) is 4.79 Å². The second kappa shape index (κ2) is 6.69. The quantitative estimate of drug-likeness (QED) is 0.570. The number of aromatic nitrogens is 2. The number of fused-ring (bicyclic) bond motifs is 2. The molecule has 0 bridgehead atoms. The lowest BCUT2D eigenvalue weighted by molar-refractivity contribution is -0.125. The molecule has 0 unspecified atom stereocenters. The summed E-state index contributed by atoms with van der Waals surface area (Å²) in [5.74, 6) is 1.58. The van der Waals surface area contributed by atoms with Gasteiger partial charge in [-0.15, -0.1) is 11.3 Å². The lowest BCUT2D eigenvalue weighted by Gasteiger charge is -2.25. The third-order valence-electron chi connectivity index (χ3n) is 4.58. The zero-order valence-electron chi connectivity index (χ0n) is 15.1. The molecule has 1 aliphatic rings. The van der Waals surface area contributed by atoms with Crippen LogP contribution in [-0.4, -0.2) is 28.0 Å². The van der Waals surface area contributed by atoms with Gasteiger partial charge in [-0.2, -0.15) is 0 Å². The molecule has 0 saturated carbocycles. The average Bonchev–Trinajstić information content (AvgIpc) is 3.35. The van der Waals surface area contributed by atoms with E-state index in [1.165, 1.54) is 0 Å². The number of benzene rings is 1. The van der Waals surface area contributed by atoms with Crippen molar-refractivity contribution in [3.63, 3.8) is 0 Å². The van der Waals surface area contributed by atoms with Crippen molar-refractivity contribution in [3.05, 3.63) is 65.7 Å². The fraction of sp³-hybridized carbons (Fsp3) is 0.143. The topological polar surface area (TPSA) is 64.9 Å². The van der Waals surface area contributed by atoms with Crippen molar-refractivity contribution in [3.8, 4) is 22.1 Å². The van der Waals surface area contributed by atoms with Crippen LogP contribution in [0.5, 0.6) is 11.5 Å². The number of hydrogen-bond donors (Lipinski definition) is 1. The Balaban J connectivity index is 1.49. The van der Waals surface area contributed by atoms with E-state index in [1.807, 2.05) is 65.4 Å². The van der Waals surface area contributed by atoms with Crippen molar-refractivity contribution < 1.29 is 14.3 Å². The first-order chi connectivity index (χ1) is 13.7. The van der Waals surface area contributed by atoms with Crippen LogP contribution in [0, 0.1) is 6.92 Å². The highest BCUT2D eigenvalue weighted by atomic mass is 32.1. The highest BCUT2D eigenvalue weighted by Crippen LogP contribution is 2.34. The first-order valence-electron chi connectivity index (χ1n) is 8.91. The molecule has 0 spiro atoms. The van der Waals surface area contributed by atoms with Crippen molar-refractivity contribution in [2.45, 2.75) is 13.0 Å². The van der Waals surface area contributed by atoms with Gasteiger partial charge in [0.1, 0.15) is 23.8 Å². The number of carbonyl (C=O) groups excluding carboxylic acids is 1. The molecule has 1 amide bonds. The van der Waals surface area contributed by atoms with E-state index in [-0.39, 0.29) is 12.5 Å². The number of para-hydroxylation sites is 2. The third-order valence-corrected chi connectivity index (χ3v) is 5.46. The number of thiophene rings is 1. The highest BCUT2D eigenvalue weighted by molar-refractivity contribution is 7.13. The summed E-state index contributed by atoms with van der Waals surface area (Å²) in [6, 6.07) is 15.3. The molecule has 0 saturated heterocycles. The van der Waals surface area contributed by atoms with Crippen molar-refractivity contribution >= 4 is 28.7 Å². The number of nitrogens with zero attached hydrogens (tertiary/aromatic N) is 2. The highest BCUT2D eigenvalue weighted by Gasteiger charge is 2.29. The molecule has 1 N–H and O–H groups in total. The number of aryl methyl sites for hydroxylation is 1. The largest absolute Gasteiger partial charge is 0.485 e. The summed E-state index contributed by atoms with van der Waals surface area (Å²) in [4.78, 5) is 18.7. The summed E-state index contributed by atoms with van der Waals surface area (Å²) in [5, 5.41) is 5.00. The molecule has 4 heterocycles. The van der Waals surface area contributed by atoms with Gasteiger partial charge in [0.05, 0.1) is 4.88 Å². The molecule has 0 radical (unpaired) electrons. The average molecular weight is 391 g/mol. The molecule has 5 rings (SSSR count). The lowest BCUT2D eigenvalue weighted by Crippen LogP contribution is -2.40. The normalized spacial score (nSPS) is 15.5. The molecule has 1 atom stereocenters. The number of nitrogens with one attached hydrogen (secondary N) is 1. The van der Waals surface area contributed by atoms with E-state index in [9.17, 15) is 4.79 Å². The lowest BCUT2D eigenvalue weighted by atomic mass is 10.2. The maximum absolute atomic E-state index is 13.0. The number of hydrogen-bond acceptors (Lipinski definition) is 5. The number of anilines is 1. The molecule has 28 heavy (non-hydrogen) atoms. The minimum Gasteiger partial charge on any atom is -0.485 e. The monoisotopic (exact) mass is 391 g/mol. The Morgan fingerprint density at radius 3 is 2.89 bits per heavy atom. The van der Waals surface area contributed by atoms with Crippen LogP contribution < -0.4 is 14.8 Å². The van der Waals surface area contributed by atoms with E-state index in [4.69, 9.17) is 14.5 Å². The van der Waals surface area contributed by atoms with Gasteiger partial charge < -0.3 is 14.8 Å². The second-order valence-electron chi connectivity index (χ2n) is 6.57. The molecule has 0 aliphatic carbocycles.